The Kier molecular flexibility index (Phi) is 4.18. The maximum absolute atomic E-state index is 12.5. The number of carbonyl (C=O) groups is 2. The highest BCUT2D eigenvalue weighted by atomic mass is 32.2. The van der Waals surface area contributed by atoms with Crippen LogP contribution in [-0.4, -0.2) is 16.0 Å². The van der Waals surface area contributed by atoms with E-state index < -0.39 is 0 Å². The topological polar surface area (TPSA) is 37.4 Å². The normalized spacial score (nSPS) is 16.8. The number of rotatable bonds is 3. The molecular formula is C17H15NO2S2. The number of nitrogens with zero attached hydrogens (tertiary/aromatic N) is 1. The molecule has 0 aliphatic carbocycles. The molecule has 0 atom stereocenters. The van der Waals surface area contributed by atoms with Gasteiger partial charge >= 0.3 is 0 Å². The summed E-state index contributed by atoms with van der Waals surface area (Å²) in [5.41, 5.74) is 3.20. The molecule has 3 rings (SSSR count). The monoisotopic (exact) mass is 329 g/mol. The molecule has 0 unspecified atom stereocenters. The minimum absolute atomic E-state index is 0.200. The van der Waals surface area contributed by atoms with Crippen LogP contribution < -0.4 is 0 Å². The van der Waals surface area contributed by atoms with Crippen molar-refractivity contribution in [2.45, 2.75) is 20.4 Å². The second kappa shape index (κ2) is 6.10. The average Bonchev–Trinajstić information content (AvgIpc) is 3.00. The van der Waals surface area contributed by atoms with Crippen LogP contribution in [0.4, 0.5) is 4.79 Å². The summed E-state index contributed by atoms with van der Waals surface area (Å²) in [7, 11) is 0. The fourth-order valence-corrected chi connectivity index (χ4v) is 4.00. The maximum atomic E-state index is 12.5. The standard InChI is InChI=1S/C17H15NO2S2/c1-11-5-3-4-6-13(11)10-18-16(19)15(22-17(18)20)9-14-12(2)7-8-21-14/h3-9H,10H2,1-2H3/b15-9-. The molecule has 0 radical (unpaired) electrons. The molecule has 1 aliphatic rings. The smallest absolute Gasteiger partial charge is 0.268 e. The lowest BCUT2D eigenvalue weighted by Crippen LogP contribution is -2.27. The molecule has 0 spiro atoms. The van der Waals surface area contributed by atoms with Crippen LogP contribution in [0.25, 0.3) is 6.08 Å². The number of imide groups is 1. The molecule has 1 aromatic heterocycles. The molecule has 5 heteroatoms. The average molecular weight is 329 g/mol. The molecule has 1 fully saturated rings. The summed E-state index contributed by atoms with van der Waals surface area (Å²) in [6.07, 6.45) is 1.82. The van der Waals surface area contributed by atoms with Gasteiger partial charge in [0.2, 0.25) is 0 Å². The predicted molar refractivity (Wildman–Crippen MR) is 91.7 cm³/mol. The van der Waals surface area contributed by atoms with E-state index in [0.717, 1.165) is 33.3 Å². The molecule has 1 saturated heterocycles. The molecule has 112 valence electrons. The lowest BCUT2D eigenvalue weighted by molar-refractivity contribution is -0.123. The molecule has 1 aromatic carbocycles. The van der Waals surface area contributed by atoms with E-state index in [0.29, 0.717) is 11.4 Å². The molecule has 0 saturated carbocycles. The fraction of sp³-hybridized carbons (Fsp3) is 0.176. The van der Waals surface area contributed by atoms with E-state index in [1.165, 1.54) is 4.90 Å². The lowest BCUT2D eigenvalue weighted by Gasteiger charge is -2.14. The first-order valence-corrected chi connectivity index (χ1v) is 8.60. The Morgan fingerprint density at radius 3 is 2.55 bits per heavy atom. The highest BCUT2D eigenvalue weighted by Crippen LogP contribution is 2.34. The van der Waals surface area contributed by atoms with E-state index in [-0.39, 0.29) is 11.1 Å². The van der Waals surface area contributed by atoms with Gasteiger partial charge in [0.05, 0.1) is 11.4 Å². The number of aryl methyl sites for hydroxylation is 2. The predicted octanol–water partition coefficient (Wildman–Crippen LogP) is 4.60. The van der Waals surface area contributed by atoms with Gasteiger partial charge in [0.1, 0.15) is 0 Å². The minimum Gasteiger partial charge on any atom is -0.268 e. The van der Waals surface area contributed by atoms with Gasteiger partial charge in [-0.3, -0.25) is 14.5 Å². The van der Waals surface area contributed by atoms with Crippen molar-refractivity contribution < 1.29 is 9.59 Å². The number of hydrogen-bond acceptors (Lipinski definition) is 4. The third kappa shape index (κ3) is 2.87. The lowest BCUT2D eigenvalue weighted by atomic mass is 10.1. The third-order valence-corrected chi connectivity index (χ3v) is 5.50. The van der Waals surface area contributed by atoms with E-state index >= 15 is 0 Å². The third-order valence-electron chi connectivity index (χ3n) is 3.63. The number of amides is 2. The Morgan fingerprint density at radius 2 is 1.86 bits per heavy atom. The maximum Gasteiger partial charge on any atom is 0.293 e. The van der Waals surface area contributed by atoms with Crippen molar-refractivity contribution >= 4 is 40.3 Å². The van der Waals surface area contributed by atoms with Gasteiger partial charge in [0.15, 0.2) is 0 Å². The first kappa shape index (κ1) is 15.1. The Labute approximate surface area is 137 Å². The van der Waals surface area contributed by atoms with Crippen molar-refractivity contribution in [3.63, 3.8) is 0 Å². The number of hydrogen-bond donors (Lipinski definition) is 0. The van der Waals surface area contributed by atoms with E-state index in [1.807, 2.05) is 55.6 Å². The Morgan fingerprint density at radius 1 is 1.09 bits per heavy atom. The zero-order chi connectivity index (χ0) is 15.7. The van der Waals surface area contributed by atoms with Gasteiger partial charge in [0, 0.05) is 4.88 Å². The largest absolute Gasteiger partial charge is 0.293 e. The van der Waals surface area contributed by atoms with E-state index in [9.17, 15) is 9.59 Å². The summed E-state index contributed by atoms with van der Waals surface area (Å²) in [6.45, 7) is 4.32. The van der Waals surface area contributed by atoms with Crippen LogP contribution in [0.15, 0.2) is 40.6 Å². The molecule has 2 heterocycles. The second-order valence-electron chi connectivity index (χ2n) is 5.16. The van der Waals surface area contributed by atoms with Crippen molar-refractivity contribution in [3.05, 3.63) is 62.2 Å². The van der Waals surface area contributed by atoms with Gasteiger partial charge in [-0.1, -0.05) is 24.3 Å². The second-order valence-corrected chi connectivity index (χ2v) is 7.10. The molecular weight excluding hydrogens is 314 g/mol. The molecule has 1 aliphatic heterocycles. The van der Waals surface area contributed by atoms with E-state index in [2.05, 4.69) is 0 Å². The summed E-state index contributed by atoms with van der Waals surface area (Å²) in [5, 5.41) is 1.78. The van der Waals surface area contributed by atoms with Crippen LogP contribution in [0.3, 0.4) is 0 Å². The van der Waals surface area contributed by atoms with E-state index in [4.69, 9.17) is 0 Å². The first-order chi connectivity index (χ1) is 10.6. The van der Waals surface area contributed by atoms with Crippen molar-refractivity contribution in [1.29, 1.82) is 0 Å². The summed E-state index contributed by atoms with van der Waals surface area (Å²) >= 11 is 2.59. The summed E-state index contributed by atoms with van der Waals surface area (Å²) in [6, 6.07) is 9.82. The summed E-state index contributed by atoms with van der Waals surface area (Å²) in [4.78, 5) is 27.5. The van der Waals surface area contributed by atoms with E-state index in [1.54, 1.807) is 11.3 Å². The van der Waals surface area contributed by atoms with Crippen molar-refractivity contribution in [2.75, 3.05) is 0 Å². The van der Waals surface area contributed by atoms with Crippen LogP contribution in [0.2, 0.25) is 0 Å². The molecule has 0 bridgehead atoms. The van der Waals surface area contributed by atoms with Gasteiger partial charge in [-0.05, 0) is 59.8 Å². The SMILES string of the molecule is Cc1ccccc1CN1C(=O)S/C(=C\c2sccc2C)C1=O. The molecule has 3 nitrogen and oxygen atoms in total. The molecule has 0 N–H and O–H groups in total. The molecule has 22 heavy (non-hydrogen) atoms. The Bertz CT molecular complexity index is 776. The van der Waals surface area contributed by atoms with Crippen molar-refractivity contribution in [2.24, 2.45) is 0 Å². The number of carbonyl (C=O) groups excluding carboxylic acids is 2. The number of benzene rings is 1. The van der Waals surface area contributed by atoms with Gasteiger partial charge in [0.25, 0.3) is 11.1 Å². The van der Waals surface area contributed by atoms with Gasteiger partial charge in [-0.2, -0.15) is 0 Å². The summed E-state index contributed by atoms with van der Waals surface area (Å²) in [5.74, 6) is -0.203. The van der Waals surface area contributed by atoms with Crippen LogP contribution in [0.1, 0.15) is 21.6 Å². The van der Waals surface area contributed by atoms with Gasteiger partial charge in [-0.15, -0.1) is 11.3 Å². The quantitative estimate of drug-likeness (QED) is 0.772. The zero-order valence-corrected chi connectivity index (χ0v) is 14.0. The van der Waals surface area contributed by atoms with Crippen LogP contribution in [0, 0.1) is 13.8 Å². The molecule has 2 aromatic rings. The van der Waals surface area contributed by atoms with Crippen LogP contribution in [0.5, 0.6) is 0 Å². The van der Waals surface area contributed by atoms with Gasteiger partial charge in [-0.25, -0.2) is 0 Å². The van der Waals surface area contributed by atoms with Crippen LogP contribution >= 0.6 is 23.1 Å². The highest BCUT2D eigenvalue weighted by molar-refractivity contribution is 8.18. The Balaban J connectivity index is 1.85. The van der Waals surface area contributed by atoms with Crippen molar-refractivity contribution in [1.82, 2.24) is 4.90 Å². The van der Waals surface area contributed by atoms with Crippen LogP contribution in [-0.2, 0) is 11.3 Å². The Hall–Kier alpha value is -1.85. The highest BCUT2D eigenvalue weighted by Gasteiger charge is 2.35. The minimum atomic E-state index is -0.203. The fourth-order valence-electron chi connectivity index (χ4n) is 2.25. The van der Waals surface area contributed by atoms with Gasteiger partial charge < -0.3 is 0 Å². The zero-order valence-electron chi connectivity index (χ0n) is 12.3. The first-order valence-electron chi connectivity index (χ1n) is 6.90. The molecule has 2 amide bonds. The number of thiophene rings is 1. The van der Waals surface area contributed by atoms with Crippen molar-refractivity contribution in [3.8, 4) is 0 Å². The summed E-state index contributed by atoms with van der Waals surface area (Å²) < 4.78 is 0. The number of thioether (sulfide) groups is 1.